The second-order valence-corrected chi connectivity index (χ2v) is 7.73. The van der Waals surface area contributed by atoms with Crippen LogP contribution in [0.1, 0.15) is 39.0 Å². The average Bonchev–Trinajstić information content (AvgIpc) is 2.60. The first-order valence-electron chi connectivity index (χ1n) is 8.56. The summed E-state index contributed by atoms with van der Waals surface area (Å²) in [5, 5.41) is 3.01. The molecule has 5 heteroatoms. The second kappa shape index (κ2) is 7.95. The zero-order chi connectivity index (χ0) is 16.1. The molecule has 1 N–H and O–H groups in total. The van der Waals surface area contributed by atoms with Gasteiger partial charge in [0.2, 0.25) is 5.91 Å². The van der Waals surface area contributed by atoms with E-state index in [9.17, 15) is 4.79 Å². The summed E-state index contributed by atoms with van der Waals surface area (Å²) in [5.74, 6) is 2.35. The molecular formula is C18H25NO3S. The fourth-order valence-corrected chi connectivity index (χ4v) is 4.05. The number of hydrogen-bond donors (Lipinski definition) is 1. The van der Waals surface area contributed by atoms with Crippen LogP contribution >= 0.6 is 11.8 Å². The third kappa shape index (κ3) is 4.56. The largest absolute Gasteiger partial charge is 0.486 e. The van der Waals surface area contributed by atoms with Gasteiger partial charge in [0.15, 0.2) is 11.5 Å². The summed E-state index contributed by atoms with van der Waals surface area (Å²) >= 11 is 1.56. The average molecular weight is 335 g/mol. The molecule has 1 aliphatic carbocycles. The molecule has 23 heavy (non-hydrogen) atoms. The van der Waals surface area contributed by atoms with Crippen molar-refractivity contribution in [2.24, 2.45) is 5.92 Å². The van der Waals surface area contributed by atoms with Crippen molar-refractivity contribution in [1.82, 2.24) is 5.32 Å². The van der Waals surface area contributed by atoms with E-state index in [0.29, 0.717) is 19.1 Å². The molecule has 1 amide bonds. The van der Waals surface area contributed by atoms with E-state index < -0.39 is 0 Å². The third-order valence-corrected chi connectivity index (χ3v) is 5.58. The van der Waals surface area contributed by atoms with Crippen LogP contribution in [0.25, 0.3) is 0 Å². The molecule has 1 atom stereocenters. The predicted molar refractivity (Wildman–Crippen MR) is 92.3 cm³/mol. The third-order valence-electron chi connectivity index (χ3n) is 4.49. The molecule has 1 heterocycles. The summed E-state index contributed by atoms with van der Waals surface area (Å²) in [6.07, 6.45) is 6.47. The Bertz CT molecular complexity index is 543. The molecule has 3 rings (SSSR count). The Labute approximate surface area is 142 Å². The van der Waals surface area contributed by atoms with Gasteiger partial charge in [0, 0.05) is 11.4 Å². The van der Waals surface area contributed by atoms with Crippen molar-refractivity contribution < 1.29 is 14.3 Å². The predicted octanol–water partition coefficient (Wildman–Crippen LogP) is 3.63. The van der Waals surface area contributed by atoms with Gasteiger partial charge in [-0.25, -0.2) is 0 Å². The van der Waals surface area contributed by atoms with Gasteiger partial charge in [-0.05, 0) is 43.9 Å². The summed E-state index contributed by atoms with van der Waals surface area (Å²) in [6.45, 7) is 3.96. The minimum Gasteiger partial charge on any atom is -0.486 e. The highest BCUT2D eigenvalue weighted by atomic mass is 32.2. The lowest BCUT2D eigenvalue weighted by molar-refractivity contribution is -0.120. The zero-order valence-electron chi connectivity index (χ0n) is 13.7. The maximum atomic E-state index is 12.3. The van der Waals surface area contributed by atoms with Crippen LogP contribution in [-0.2, 0) is 4.79 Å². The Morgan fingerprint density at radius 3 is 2.74 bits per heavy atom. The van der Waals surface area contributed by atoms with Crippen LogP contribution in [-0.4, -0.2) is 30.9 Å². The summed E-state index contributed by atoms with van der Waals surface area (Å²) in [5.41, 5.74) is 0. The van der Waals surface area contributed by atoms with E-state index in [-0.39, 0.29) is 11.2 Å². The Kier molecular flexibility index (Phi) is 5.70. The molecule has 1 aliphatic heterocycles. The smallest absolute Gasteiger partial charge is 0.233 e. The van der Waals surface area contributed by atoms with Gasteiger partial charge in [0.25, 0.3) is 0 Å². The minimum absolute atomic E-state index is 0.110. The number of thioether (sulfide) groups is 1. The van der Waals surface area contributed by atoms with Crippen molar-refractivity contribution in [1.29, 1.82) is 0 Å². The quantitative estimate of drug-likeness (QED) is 0.835. The van der Waals surface area contributed by atoms with Crippen LogP contribution in [0.2, 0.25) is 0 Å². The van der Waals surface area contributed by atoms with Crippen molar-refractivity contribution in [2.75, 3.05) is 19.8 Å². The molecule has 1 aromatic rings. The second-order valence-electron chi connectivity index (χ2n) is 6.31. The summed E-state index contributed by atoms with van der Waals surface area (Å²) < 4.78 is 11.1. The van der Waals surface area contributed by atoms with Gasteiger partial charge in [0.05, 0.1) is 5.25 Å². The summed E-state index contributed by atoms with van der Waals surface area (Å²) in [7, 11) is 0. The van der Waals surface area contributed by atoms with Crippen molar-refractivity contribution >= 4 is 17.7 Å². The van der Waals surface area contributed by atoms with Gasteiger partial charge in [-0.1, -0.05) is 19.3 Å². The van der Waals surface area contributed by atoms with Gasteiger partial charge in [-0.2, -0.15) is 0 Å². The Morgan fingerprint density at radius 2 is 1.96 bits per heavy atom. The Hall–Kier alpha value is -1.36. The molecule has 0 unspecified atom stereocenters. The van der Waals surface area contributed by atoms with Gasteiger partial charge >= 0.3 is 0 Å². The van der Waals surface area contributed by atoms with Crippen LogP contribution in [0.15, 0.2) is 23.1 Å². The molecule has 1 saturated carbocycles. The van der Waals surface area contributed by atoms with Crippen LogP contribution < -0.4 is 14.8 Å². The molecule has 0 saturated heterocycles. The molecule has 0 bridgehead atoms. The zero-order valence-corrected chi connectivity index (χ0v) is 14.5. The highest BCUT2D eigenvalue weighted by Gasteiger charge is 2.19. The molecule has 0 aromatic heterocycles. The highest BCUT2D eigenvalue weighted by Crippen LogP contribution is 2.35. The fraction of sp³-hybridized carbons (Fsp3) is 0.611. The van der Waals surface area contributed by atoms with E-state index in [1.165, 1.54) is 32.1 Å². The molecule has 0 radical (unpaired) electrons. The lowest BCUT2D eigenvalue weighted by Gasteiger charge is -2.23. The molecule has 1 aromatic carbocycles. The van der Waals surface area contributed by atoms with Gasteiger partial charge in [-0.15, -0.1) is 11.8 Å². The molecule has 1 fully saturated rings. The number of ether oxygens (including phenoxy) is 2. The first-order valence-corrected chi connectivity index (χ1v) is 9.44. The Balaban J connectivity index is 1.49. The summed E-state index contributed by atoms with van der Waals surface area (Å²) in [6, 6.07) is 5.87. The molecular weight excluding hydrogens is 310 g/mol. The monoisotopic (exact) mass is 335 g/mol. The van der Waals surface area contributed by atoms with E-state index >= 15 is 0 Å². The van der Waals surface area contributed by atoms with E-state index in [4.69, 9.17) is 9.47 Å². The number of fused-ring (bicyclic) bond motifs is 1. The fourth-order valence-electron chi connectivity index (χ4n) is 3.13. The van der Waals surface area contributed by atoms with Crippen molar-refractivity contribution in [2.45, 2.75) is 49.2 Å². The van der Waals surface area contributed by atoms with Gasteiger partial charge in [0.1, 0.15) is 13.2 Å². The number of amides is 1. The number of hydrogen-bond acceptors (Lipinski definition) is 4. The van der Waals surface area contributed by atoms with Crippen molar-refractivity contribution in [3.63, 3.8) is 0 Å². The van der Waals surface area contributed by atoms with Crippen molar-refractivity contribution in [3.05, 3.63) is 18.2 Å². The van der Waals surface area contributed by atoms with E-state index in [1.807, 2.05) is 25.1 Å². The molecule has 4 nitrogen and oxygen atoms in total. The van der Waals surface area contributed by atoms with Crippen LogP contribution in [0.4, 0.5) is 0 Å². The van der Waals surface area contributed by atoms with E-state index in [0.717, 1.165) is 22.9 Å². The molecule has 126 valence electrons. The lowest BCUT2D eigenvalue weighted by atomic mass is 9.89. The summed E-state index contributed by atoms with van der Waals surface area (Å²) in [4.78, 5) is 13.3. The van der Waals surface area contributed by atoms with E-state index in [2.05, 4.69) is 5.32 Å². The normalized spacial score (nSPS) is 19.2. The number of carbonyl (C=O) groups excluding carboxylic acids is 1. The number of benzene rings is 1. The van der Waals surface area contributed by atoms with Crippen molar-refractivity contribution in [3.8, 4) is 11.5 Å². The first-order chi connectivity index (χ1) is 11.2. The van der Waals surface area contributed by atoms with Crippen LogP contribution in [0.3, 0.4) is 0 Å². The number of nitrogens with one attached hydrogen (secondary N) is 1. The number of carbonyl (C=O) groups is 1. The van der Waals surface area contributed by atoms with E-state index in [1.54, 1.807) is 11.8 Å². The molecule has 0 spiro atoms. The molecule has 2 aliphatic rings. The maximum Gasteiger partial charge on any atom is 0.233 e. The number of rotatable bonds is 5. The standard InChI is InChI=1S/C18H25NO3S/c1-13(18(20)19-12-14-5-3-2-4-6-14)23-15-7-8-16-17(11-15)22-10-9-21-16/h7-8,11,13-14H,2-6,9-10,12H2,1H3,(H,19,20)/t13-/m0/s1. The topological polar surface area (TPSA) is 47.6 Å². The minimum atomic E-state index is -0.110. The van der Waals surface area contributed by atoms with Gasteiger partial charge < -0.3 is 14.8 Å². The Morgan fingerprint density at radius 1 is 1.22 bits per heavy atom. The van der Waals surface area contributed by atoms with Crippen LogP contribution in [0, 0.1) is 5.92 Å². The SMILES string of the molecule is C[C@H](Sc1ccc2c(c1)OCCO2)C(=O)NCC1CCCCC1. The first kappa shape index (κ1) is 16.5. The highest BCUT2D eigenvalue weighted by molar-refractivity contribution is 8.00. The van der Waals surface area contributed by atoms with Gasteiger partial charge in [-0.3, -0.25) is 4.79 Å². The maximum absolute atomic E-state index is 12.3. The lowest BCUT2D eigenvalue weighted by Crippen LogP contribution is -2.35. The van der Waals surface area contributed by atoms with Crippen LogP contribution in [0.5, 0.6) is 11.5 Å².